The Balaban J connectivity index is 1.89. The first-order chi connectivity index (χ1) is 9.90. The predicted molar refractivity (Wildman–Crippen MR) is 78.8 cm³/mol. The summed E-state index contributed by atoms with van der Waals surface area (Å²) < 4.78 is 31.7. The molecule has 0 atom stereocenters. The Kier molecular flexibility index (Phi) is 5.14. The Labute approximate surface area is 126 Å². The Bertz CT molecular complexity index is 607. The molecule has 1 fully saturated rings. The summed E-state index contributed by atoms with van der Waals surface area (Å²) in [6, 6.07) is 0.972. The number of nitrogens with zero attached hydrogens (tertiary/aromatic N) is 1. The zero-order valence-electron chi connectivity index (χ0n) is 11.3. The van der Waals surface area contributed by atoms with Crippen molar-refractivity contribution in [2.45, 2.75) is 36.0 Å². The van der Waals surface area contributed by atoms with Gasteiger partial charge in [0.2, 0.25) is 10.0 Å². The van der Waals surface area contributed by atoms with Crippen LogP contribution in [0.15, 0.2) is 10.3 Å². The second-order valence-corrected chi connectivity index (χ2v) is 7.82. The maximum Gasteiger partial charge on any atom is 0.304 e. The highest BCUT2D eigenvalue weighted by molar-refractivity contribution is 7.91. The van der Waals surface area contributed by atoms with Crippen LogP contribution in [0.25, 0.3) is 0 Å². The van der Waals surface area contributed by atoms with Crippen LogP contribution in [0.2, 0.25) is 0 Å². The molecule has 3 N–H and O–H groups in total. The van der Waals surface area contributed by atoms with Crippen molar-refractivity contribution in [3.63, 3.8) is 0 Å². The first kappa shape index (κ1) is 16.1. The third-order valence-corrected chi connectivity index (χ3v) is 6.12. The monoisotopic (exact) mass is 335 g/mol. The molecule has 1 saturated carbocycles. The van der Waals surface area contributed by atoms with Crippen molar-refractivity contribution in [2.75, 3.05) is 18.9 Å². The smallest absolute Gasteiger partial charge is 0.304 e. The van der Waals surface area contributed by atoms with Crippen LogP contribution < -0.4 is 10.5 Å². The summed E-state index contributed by atoms with van der Waals surface area (Å²) >= 11 is 0.678. The maximum atomic E-state index is 12.0. The van der Waals surface area contributed by atoms with Gasteiger partial charge in [-0.05, 0) is 12.8 Å². The van der Waals surface area contributed by atoms with Crippen LogP contribution in [0.1, 0.15) is 25.7 Å². The third kappa shape index (κ3) is 4.13. The standard InChI is InChI=1S/C11H17N3O5S2/c12-11-9(14(15)16)7-10(20-11)21(17,18)13-5-6-19-8-3-1-2-4-8/h7-8,13H,1-6,12H2. The van der Waals surface area contributed by atoms with Crippen LogP contribution in [0.5, 0.6) is 0 Å². The average Bonchev–Trinajstić information content (AvgIpc) is 3.04. The van der Waals surface area contributed by atoms with E-state index in [0.717, 1.165) is 31.7 Å². The van der Waals surface area contributed by atoms with Gasteiger partial charge in [0.05, 0.1) is 17.6 Å². The molecule has 0 unspecified atom stereocenters. The van der Waals surface area contributed by atoms with E-state index in [0.29, 0.717) is 11.3 Å². The number of nitrogens with two attached hydrogens (primary N) is 1. The lowest BCUT2D eigenvalue weighted by Gasteiger charge is -2.11. The van der Waals surface area contributed by atoms with Crippen LogP contribution in [-0.2, 0) is 14.8 Å². The van der Waals surface area contributed by atoms with Crippen molar-refractivity contribution in [1.29, 1.82) is 0 Å². The SMILES string of the molecule is Nc1sc(S(=O)(=O)NCCOC2CCCC2)cc1[N+](=O)[O-]. The number of hydrogen-bond donors (Lipinski definition) is 2. The molecule has 1 aromatic heterocycles. The first-order valence-electron chi connectivity index (χ1n) is 6.55. The molecule has 0 saturated heterocycles. The van der Waals surface area contributed by atoms with Crippen molar-refractivity contribution >= 4 is 32.0 Å². The summed E-state index contributed by atoms with van der Waals surface area (Å²) in [7, 11) is -3.79. The fourth-order valence-electron chi connectivity index (χ4n) is 2.18. The van der Waals surface area contributed by atoms with E-state index in [1.54, 1.807) is 0 Å². The van der Waals surface area contributed by atoms with Gasteiger partial charge >= 0.3 is 5.69 Å². The molecule has 1 aromatic rings. The van der Waals surface area contributed by atoms with Crippen LogP contribution in [0, 0.1) is 10.1 Å². The first-order valence-corrected chi connectivity index (χ1v) is 8.85. The molecule has 0 spiro atoms. The van der Waals surface area contributed by atoms with E-state index in [-0.39, 0.29) is 34.2 Å². The fraction of sp³-hybridized carbons (Fsp3) is 0.636. The molecular formula is C11H17N3O5S2. The molecule has 0 aliphatic heterocycles. The van der Waals surface area contributed by atoms with Crippen molar-refractivity contribution in [2.24, 2.45) is 0 Å². The van der Waals surface area contributed by atoms with Crippen molar-refractivity contribution in [3.05, 3.63) is 16.2 Å². The van der Waals surface area contributed by atoms with E-state index in [4.69, 9.17) is 10.5 Å². The number of hydrogen-bond acceptors (Lipinski definition) is 7. The lowest BCUT2D eigenvalue weighted by molar-refractivity contribution is -0.383. The number of nitrogen functional groups attached to an aromatic ring is 1. The molecule has 8 nitrogen and oxygen atoms in total. The number of rotatable bonds is 7. The summed E-state index contributed by atoms with van der Waals surface area (Å²) in [5.41, 5.74) is 5.05. The second-order valence-electron chi connectivity index (χ2n) is 4.75. The normalized spacial score (nSPS) is 16.4. The molecule has 0 amide bonds. The number of nitro groups is 1. The Morgan fingerprint density at radius 3 is 2.71 bits per heavy atom. The van der Waals surface area contributed by atoms with Crippen LogP contribution in [0.4, 0.5) is 10.7 Å². The van der Waals surface area contributed by atoms with E-state index in [2.05, 4.69) is 4.72 Å². The van der Waals surface area contributed by atoms with Crippen LogP contribution >= 0.6 is 11.3 Å². The minimum absolute atomic E-state index is 0.123. The van der Waals surface area contributed by atoms with Gasteiger partial charge in [-0.3, -0.25) is 10.1 Å². The van der Waals surface area contributed by atoms with E-state index < -0.39 is 14.9 Å². The Morgan fingerprint density at radius 2 is 2.14 bits per heavy atom. The van der Waals surface area contributed by atoms with E-state index in [1.807, 2.05) is 0 Å². The minimum atomic E-state index is -3.79. The van der Waals surface area contributed by atoms with Crippen molar-refractivity contribution < 1.29 is 18.1 Å². The van der Waals surface area contributed by atoms with Crippen LogP contribution in [-0.4, -0.2) is 32.6 Å². The zero-order chi connectivity index (χ0) is 15.5. The number of sulfonamides is 1. The highest BCUT2D eigenvalue weighted by Gasteiger charge is 2.24. The number of ether oxygens (including phenoxy) is 1. The molecule has 21 heavy (non-hydrogen) atoms. The molecule has 118 valence electrons. The highest BCUT2D eigenvalue weighted by atomic mass is 32.2. The van der Waals surface area contributed by atoms with Gasteiger partial charge in [0.25, 0.3) is 0 Å². The summed E-state index contributed by atoms with van der Waals surface area (Å²) in [5, 5.41) is 10.5. The molecule has 0 aromatic carbocycles. The van der Waals surface area contributed by atoms with Gasteiger partial charge < -0.3 is 10.5 Å². The molecule has 10 heteroatoms. The van der Waals surface area contributed by atoms with Crippen molar-refractivity contribution in [1.82, 2.24) is 4.72 Å². The lowest BCUT2D eigenvalue weighted by atomic mass is 10.3. The molecule has 0 bridgehead atoms. The number of thiophene rings is 1. The lowest BCUT2D eigenvalue weighted by Crippen LogP contribution is -2.28. The fourth-order valence-corrected chi connectivity index (χ4v) is 4.45. The number of nitrogens with one attached hydrogen (secondary N) is 1. The highest BCUT2D eigenvalue weighted by Crippen LogP contribution is 2.34. The van der Waals surface area contributed by atoms with Gasteiger partial charge in [0.1, 0.15) is 4.21 Å². The Morgan fingerprint density at radius 1 is 1.48 bits per heavy atom. The average molecular weight is 335 g/mol. The molecule has 1 aliphatic rings. The van der Waals surface area contributed by atoms with Crippen molar-refractivity contribution in [3.8, 4) is 0 Å². The van der Waals surface area contributed by atoms with E-state index >= 15 is 0 Å². The largest absolute Gasteiger partial charge is 0.385 e. The van der Waals surface area contributed by atoms with E-state index in [9.17, 15) is 18.5 Å². The zero-order valence-corrected chi connectivity index (χ0v) is 12.9. The second kappa shape index (κ2) is 6.69. The quantitative estimate of drug-likeness (QED) is 0.442. The Hall–Kier alpha value is -1.23. The number of anilines is 1. The summed E-state index contributed by atoms with van der Waals surface area (Å²) in [4.78, 5) is 9.97. The molecular weight excluding hydrogens is 318 g/mol. The van der Waals surface area contributed by atoms with Gasteiger partial charge in [-0.1, -0.05) is 24.2 Å². The summed E-state index contributed by atoms with van der Waals surface area (Å²) in [6.45, 7) is 0.414. The predicted octanol–water partition coefficient (Wildman–Crippen LogP) is 1.48. The van der Waals surface area contributed by atoms with Gasteiger partial charge in [-0.2, -0.15) is 0 Å². The van der Waals surface area contributed by atoms with Gasteiger partial charge in [0.15, 0.2) is 5.00 Å². The molecule has 2 rings (SSSR count). The van der Waals surface area contributed by atoms with Gasteiger partial charge in [0, 0.05) is 12.6 Å². The maximum absolute atomic E-state index is 12.0. The summed E-state index contributed by atoms with van der Waals surface area (Å²) in [5.74, 6) is 0. The molecule has 0 radical (unpaired) electrons. The molecule has 1 heterocycles. The molecule has 1 aliphatic carbocycles. The van der Waals surface area contributed by atoms with E-state index in [1.165, 1.54) is 0 Å². The third-order valence-electron chi connectivity index (χ3n) is 3.23. The topological polar surface area (TPSA) is 125 Å². The van der Waals surface area contributed by atoms with Crippen LogP contribution in [0.3, 0.4) is 0 Å². The summed E-state index contributed by atoms with van der Waals surface area (Å²) in [6.07, 6.45) is 4.54. The van der Waals surface area contributed by atoms with Gasteiger partial charge in [-0.15, -0.1) is 0 Å². The van der Waals surface area contributed by atoms with Gasteiger partial charge in [-0.25, -0.2) is 13.1 Å². The minimum Gasteiger partial charge on any atom is -0.385 e.